The van der Waals surface area contributed by atoms with Gasteiger partial charge in [-0.2, -0.15) is 0 Å². The first-order chi connectivity index (χ1) is 8.71. The van der Waals surface area contributed by atoms with Gasteiger partial charge in [0.05, 0.1) is 17.6 Å². The fourth-order valence-electron chi connectivity index (χ4n) is 4.27. The van der Waals surface area contributed by atoms with Crippen LogP contribution in [-0.4, -0.2) is 34.5 Å². The number of carbonyl (C=O) groups excluding carboxylic acids is 1. The number of aliphatic hydroxyl groups excluding tert-OH is 1. The van der Waals surface area contributed by atoms with Gasteiger partial charge in [-0.05, 0) is 43.1 Å². The summed E-state index contributed by atoms with van der Waals surface area (Å²) < 4.78 is 5.04. The van der Waals surface area contributed by atoms with Crippen molar-refractivity contribution in [2.45, 2.75) is 45.3 Å². The molecule has 2 aliphatic carbocycles. The average Bonchev–Trinajstić information content (AvgIpc) is 2.78. The number of cyclic esters (lactones) is 1. The van der Waals surface area contributed by atoms with E-state index in [9.17, 15) is 15.0 Å². The van der Waals surface area contributed by atoms with Crippen LogP contribution in [0.1, 0.15) is 33.6 Å². The molecule has 19 heavy (non-hydrogen) atoms. The Kier molecular flexibility index (Phi) is 2.64. The molecule has 3 aliphatic rings. The molecule has 2 fully saturated rings. The van der Waals surface area contributed by atoms with Gasteiger partial charge >= 0.3 is 5.97 Å². The Hall–Kier alpha value is -0.870. The van der Waals surface area contributed by atoms with Crippen LogP contribution in [0.25, 0.3) is 0 Å². The third-order valence-electron chi connectivity index (χ3n) is 5.16. The van der Waals surface area contributed by atoms with Crippen LogP contribution in [0.5, 0.6) is 0 Å². The highest BCUT2D eigenvalue weighted by molar-refractivity contribution is 5.91. The molecule has 2 N–H and O–H groups in total. The maximum Gasteiger partial charge on any atom is 0.334 e. The summed E-state index contributed by atoms with van der Waals surface area (Å²) in [4.78, 5) is 11.7. The molecule has 0 aromatic rings. The highest BCUT2D eigenvalue weighted by Crippen LogP contribution is 2.54. The third kappa shape index (κ3) is 1.93. The van der Waals surface area contributed by atoms with E-state index in [0.717, 1.165) is 12.8 Å². The number of fused-ring (bicyclic) bond motifs is 2. The standard InChI is InChI=1S/C15H22O4/c1-14(2)4-9-11(6-14)15(3,18)5-8-10(12(9)16)7-19-13(8)17/h5,9-12,16,18H,4,6-7H2,1-3H3/t9-,10+,11+,12+,15-/m1/s1. The molecule has 1 heterocycles. The van der Waals surface area contributed by atoms with Crippen LogP contribution in [0.2, 0.25) is 0 Å². The van der Waals surface area contributed by atoms with E-state index in [2.05, 4.69) is 13.8 Å². The predicted molar refractivity (Wildman–Crippen MR) is 69.2 cm³/mol. The van der Waals surface area contributed by atoms with Gasteiger partial charge in [0, 0.05) is 5.57 Å². The van der Waals surface area contributed by atoms with Gasteiger partial charge in [0.2, 0.25) is 0 Å². The Morgan fingerprint density at radius 3 is 2.68 bits per heavy atom. The van der Waals surface area contributed by atoms with Gasteiger partial charge in [-0.1, -0.05) is 13.8 Å². The number of esters is 1. The van der Waals surface area contributed by atoms with Gasteiger partial charge in [-0.3, -0.25) is 0 Å². The van der Waals surface area contributed by atoms with Crippen LogP contribution < -0.4 is 0 Å². The number of hydrogen-bond donors (Lipinski definition) is 2. The Balaban J connectivity index is 2.05. The van der Waals surface area contributed by atoms with Crippen molar-refractivity contribution in [1.82, 2.24) is 0 Å². The minimum Gasteiger partial charge on any atom is -0.462 e. The van der Waals surface area contributed by atoms with Crippen LogP contribution in [0, 0.1) is 23.2 Å². The quantitative estimate of drug-likeness (QED) is 0.648. The molecule has 0 amide bonds. The van der Waals surface area contributed by atoms with Crippen molar-refractivity contribution in [2.24, 2.45) is 23.2 Å². The molecule has 0 unspecified atom stereocenters. The molecule has 0 spiro atoms. The lowest BCUT2D eigenvalue weighted by Gasteiger charge is -2.32. The summed E-state index contributed by atoms with van der Waals surface area (Å²) in [6.07, 6.45) is 2.79. The summed E-state index contributed by atoms with van der Waals surface area (Å²) in [6, 6.07) is 0. The first kappa shape index (κ1) is 13.1. The zero-order valence-electron chi connectivity index (χ0n) is 11.7. The van der Waals surface area contributed by atoms with E-state index in [4.69, 9.17) is 4.74 Å². The molecular weight excluding hydrogens is 244 g/mol. The number of aliphatic hydroxyl groups is 2. The molecule has 1 saturated heterocycles. The number of rotatable bonds is 0. The molecule has 4 nitrogen and oxygen atoms in total. The van der Waals surface area contributed by atoms with Crippen molar-refractivity contribution in [1.29, 1.82) is 0 Å². The largest absolute Gasteiger partial charge is 0.462 e. The van der Waals surface area contributed by atoms with Crippen molar-refractivity contribution in [3.05, 3.63) is 11.6 Å². The average molecular weight is 266 g/mol. The molecule has 0 radical (unpaired) electrons. The number of ether oxygens (including phenoxy) is 1. The lowest BCUT2D eigenvalue weighted by atomic mass is 9.79. The minimum absolute atomic E-state index is 0.00315. The summed E-state index contributed by atoms with van der Waals surface area (Å²) in [5.74, 6) is -0.631. The molecule has 0 aromatic heterocycles. The van der Waals surface area contributed by atoms with Crippen molar-refractivity contribution < 1.29 is 19.7 Å². The zero-order valence-corrected chi connectivity index (χ0v) is 11.7. The van der Waals surface area contributed by atoms with E-state index in [1.807, 2.05) is 0 Å². The summed E-state index contributed by atoms with van der Waals surface area (Å²) in [7, 11) is 0. The third-order valence-corrected chi connectivity index (χ3v) is 5.16. The van der Waals surface area contributed by atoms with Gasteiger partial charge in [0.1, 0.15) is 6.61 Å². The van der Waals surface area contributed by atoms with E-state index in [1.165, 1.54) is 0 Å². The lowest BCUT2D eigenvalue weighted by molar-refractivity contribution is -0.135. The van der Waals surface area contributed by atoms with Crippen LogP contribution in [-0.2, 0) is 9.53 Å². The normalized spacial score (nSPS) is 48.1. The summed E-state index contributed by atoms with van der Waals surface area (Å²) in [5, 5.41) is 21.4. The second-order valence-electron chi connectivity index (χ2n) is 7.36. The van der Waals surface area contributed by atoms with E-state index in [-0.39, 0.29) is 35.7 Å². The molecule has 4 heteroatoms. The molecule has 106 valence electrons. The van der Waals surface area contributed by atoms with Crippen molar-refractivity contribution in [3.8, 4) is 0 Å². The SMILES string of the molecule is CC1(C)C[C@H]2[C@H](O)[C@H]3COC(=O)C3=C[C@@](C)(O)[C@H]2C1. The van der Waals surface area contributed by atoms with Crippen molar-refractivity contribution in [3.63, 3.8) is 0 Å². The summed E-state index contributed by atoms with van der Waals surface area (Å²) in [5.41, 5.74) is -0.466. The molecule has 3 rings (SSSR count). The van der Waals surface area contributed by atoms with Crippen LogP contribution in [0.4, 0.5) is 0 Å². The highest BCUT2D eigenvalue weighted by Gasteiger charge is 2.55. The lowest BCUT2D eigenvalue weighted by Crippen LogP contribution is -2.39. The van der Waals surface area contributed by atoms with Crippen LogP contribution in [0.15, 0.2) is 11.6 Å². The second kappa shape index (κ2) is 3.83. The Labute approximate surface area is 113 Å². The Morgan fingerprint density at radius 1 is 1.32 bits per heavy atom. The smallest absolute Gasteiger partial charge is 0.334 e. The number of carbonyl (C=O) groups is 1. The second-order valence-corrected chi connectivity index (χ2v) is 7.36. The molecule has 0 aromatic carbocycles. The van der Waals surface area contributed by atoms with Gasteiger partial charge in [-0.25, -0.2) is 4.79 Å². The molecule has 0 bridgehead atoms. The van der Waals surface area contributed by atoms with Gasteiger partial charge < -0.3 is 14.9 Å². The van der Waals surface area contributed by atoms with Crippen LogP contribution >= 0.6 is 0 Å². The van der Waals surface area contributed by atoms with E-state index in [0.29, 0.717) is 5.57 Å². The minimum atomic E-state index is -1.05. The fourth-order valence-corrected chi connectivity index (χ4v) is 4.27. The first-order valence-electron chi connectivity index (χ1n) is 7.02. The summed E-state index contributed by atoms with van der Waals surface area (Å²) in [6.45, 7) is 6.34. The zero-order chi connectivity index (χ0) is 14.0. The fraction of sp³-hybridized carbons (Fsp3) is 0.800. The highest BCUT2D eigenvalue weighted by atomic mass is 16.5. The molecule has 1 saturated carbocycles. The number of hydrogen-bond acceptors (Lipinski definition) is 4. The Morgan fingerprint density at radius 2 is 2.00 bits per heavy atom. The van der Waals surface area contributed by atoms with E-state index in [1.54, 1.807) is 13.0 Å². The summed E-state index contributed by atoms with van der Waals surface area (Å²) >= 11 is 0. The maximum atomic E-state index is 11.7. The van der Waals surface area contributed by atoms with Crippen molar-refractivity contribution >= 4 is 5.97 Å². The Bertz CT molecular complexity index is 449. The predicted octanol–water partition coefficient (Wildman–Crippen LogP) is 1.26. The van der Waals surface area contributed by atoms with Crippen LogP contribution in [0.3, 0.4) is 0 Å². The van der Waals surface area contributed by atoms with Gasteiger partial charge in [0.25, 0.3) is 0 Å². The van der Waals surface area contributed by atoms with Gasteiger partial charge in [-0.15, -0.1) is 0 Å². The van der Waals surface area contributed by atoms with Crippen molar-refractivity contribution in [2.75, 3.05) is 6.61 Å². The maximum absolute atomic E-state index is 11.7. The monoisotopic (exact) mass is 266 g/mol. The van der Waals surface area contributed by atoms with Gasteiger partial charge in [0.15, 0.2) is 0 Å². The molecule has 5 atom stereocenters. The van der Waals surface area contributed by atoms with E-state index < -0.39 is 11.7 Å². The first-order valence-corrected chi connectivity index (χ1v) is 7.02. The molecular formula is C15H22O4. The van der Waals surface area contributed by atoms with E-state index >= 15 is 0 Å². The molecule has 1 aliphatic heterocycles. The topological polar surface area (TPSA) is 66.8 Å².